The second-order valence-corrected chi connectivity index (χ2v) is 8.44. The Morgan fingerprint density at radius 2 is 1.83 bits per heavy atom. The maximum absolute atomic E-state index is 14.4. The van der Waals surface area contributed by atoms with Gasteiger partial charge in [-0.1, -0.05) is 23.7 Å². The summed E-state index contributed by atoms with van der Waals surface area (Å²) in [6.45, 7) is -0.412. The molecule has 188 valence electrons. The first-order chi connectivity index (χ1) is 16.9. The number of hydrogen-bond acceptors (Lipinski definition) is 4. The van der Waals surface area contributed by atoms with Crippen LogP contribution < -0.4 is 10.2 Å². The molecule has 0 saturated carbocycles. The van der Waals surface area contributed by atoms with Crippen LogP contribution in [0.1, 0.15) is 44.4 Å². The van der Waals surface area contributed by atoms with E-state index in [1.807, 2.05) is 0 Å². The topological polar surface area (TPSA) is 82.5 Å². The minimum atomic E-state index is -4.74. The van der Waals surface area contributed by atoms with E-state index in [9.17, 15) is 36.6 Å². The summed E-state index contributed by atoms with van der Waals surface area (Å²) in [6, 6.07) is 10.6. The van der Waals surface area contributed by atoms with Crippen molar-refractivity contribution in [3.63, 3.8) is 0 Å². The molecule has 1 aromatic heterocycles. The molecule has 2 N–H and O–H groups in total. The van der Waals surface area contributed by atoms with Crippen LogP contribution in [0.4, 0.5) is 33.5 Å². The second-order valence-electron chi connectivity index (χ2n) is 8.00. The fourth-order valence-corrected chi connectivity index (χ4v) is 3.99. The normalized spacial score (nSPS) is 17.2. The number of halogens is 6. The molecule has 2 amide bonds. The van der Waals surface area contributed by atoms with E-state index in [2.05, 4.69) is 10.3 Å². The fraction of sp³-hybridized carbons (Fsp3) is 0.208. The number of carbonyl (C=O) groups excluding carboxylic acids is 2. The largest absolute Gasteiger partial charge is 0.417 e. The van der Waals surface area contributed by atoms with Gasteiger partial charge in [0.25, 0.3) is 17.7 Å². The van der Waals surface area contributed by atoms with Crippen LogP contribution in [0.5, 0.6) is 0 Å². The van der Waals surface area contributed by atoms with Crippen LogP contribution in [0.25, 0.3) is 0 Å². The number of anilines is 2. The highest BCUT2D eigenvalue weighted by Gasteiger charge is 2.44. The zero-order valence-corrected chi connectivity index (χ0v) is 18.9. The van der Waals surface area contributed by atoms with Gasteiger partial charge >= 0.3 is 6.18 Å². The third-order valence-corrected chi connectivity index (χ3v) is 5.85. The van der Waals surface area contributed by atoms with E-state index in [1.54, 1.807) is 0 Å². The number of fused-ring (bicyclic) bond motifs is 1. The Kier molecular flexibility index (Phi) is 6.72. The quantitative estimate of drug-likeness (QED) is 0.428. The molecule has 1 aliphatic heterocycles. The van der Waals surface area contributed by atoms with E-state index in [1.165, 1.54) is 30.3 Å². The molecule has 2 aromatic carbocycles. The first-order valence-corrected chi connectivity index (χ1v) is 10.9. The Morgan fingerprint density at radius 1 is 1.11 bits per heavy atom. The van der Waals surface area contributed by atoms with Crippen molar-refractivity contribution in [1.82, 2.24) is 4.98 Å². The lowest BCUT2D eigenvalue weighted by Crippen LogP contribution is -2.33. The Morgan fingerprint density at radius 3 is 2.50 bits per heavy atom. The molecule has 0 aliphatic carbocycles. The Bertz CT molecular complexity index is 1320. The average molecular weight is 526 g/mol. The van der Waals surface area contributed by atoms with Crippen LogP contribution in [0.15, 0.2) is 60.8 Å². The highest BCUT2D eigenvalue weighted by molar-refractivity contribution is 6.30. The van der Waals surface area contributed by atoms with Crippen molar-refractivity contribution in [3.8, 4) is 0 Å². The third-order valence-electron chi connectivity index (χ3n) is 5.62. The summed E-state index contributed by atoms with van der Waals surface area (Å²) >= 11 is 5.90. The number of aromatic nitrogens is 1. The number of aliphatic hydroxyl groups is 1. The van der Waals surface area contributed by atoms with Crippen LogP contribution in [0.3, 0.4) is 0 Å². The Hall–Kier alpha value is -3.57. The van der Waals surface area contributed by atoms with E-state index in [0.717, 1.165) is 35.4 Å². The summed E-state index contributed by atoms with van der Waals surface area (Å²) in [6.07, 6.45) is -6.66. The minimum Gasteiger partial charge on any atom is -0.382 e. The molecule has 3 aromatic rings. The van der Waals surface area contributed by atoms with Gasteiger partial charge in [-0.15, -0.1) is 0 Å². The number of carbonyl (C=O) groups is 2. The molecule has 6 nitrogen and oxygen atoms in total. The molecule has 1 aliphatic rings. The van der Waals surface area contributed by atoms with Crippen molar-refractivity contribution in [2.45, 2.75) is 24.6 Å². The van der Waals surface area contributed by atoms with Gasteiger partial charge < -0.3 is 15.3 Å². The number of hydrogen-bond donors (Lipinski definition) is 2. The molecule has 36 heavy (non-hydrogen) atoms. The number of rotatable bonds is 3. The zero-order valence-electron chi connectivity index (χ0n) is 18.2. The lowest BCUT2D eigenvalue weighted by atomic mass is 10.0. The van der Waals surface area contributed by atoms with Gasteiger partial charge in [0.2, 0.25) is 0 Å². The van der Waals surface area contributed by atoms with Crippen LogP contribution in [-0.4, -0.2) is 34.4 Å². The van der Waals surface area contributed by atoms with Crippen LogP contribution in [-0.2, 0) is 6.18 Å². The summed E-state index contributed by atoms with van der Waals surface area (Å²) in [5.41, 5.74) is -1.92. The predicted molar refractivity (Wildman–Crippen MR) is 121 cm³/mol. The van der Waals surface area contributed by atoms with Crippen LogP contribution in [0.2, 0.25) is 5.02 Å². The number of pyridine rings is 1. The summed E-state index contributed by atoms with van der Waals surface area (Å²) in [7, 11) is 0. The fourth-order valence-electron chi connectivity index (χ4n) is 3.81. The minimum absolute atomic E-state index is 0.0377. The number of alkyl halides is 5. The van der Waals surface area contributed by atoms with Gasteiger partial charge in [-0.3, -0.25) is 9.59 Å². The van der Waals surface area contributed by atoms with Crippen molar-refractivity contribution in [2.24, 2.45) is 0 Å². The van der Waals surface area contributed by atoms with Crippen LogP contribution >= 0.6 is 11.6 Å². The van der Waals surface area contributed by atoms with Crippen molar-refractivity contribution in [2.75, 3.05) is 16.8 Å². The molecular weight excluding hydrogens is 509 g/mol. The van der Waals surface area contributed by atoms with E-state index in [-0.39, 0.29) is 27.7 Å². The Balaban J connectivity index is 1.57. The molecule has 12 heteroatoms. The monoisotopic (exact) mass is 525 g/mol. The molecule has 0 spiro atoms. The molecule has 0 bridgehead atoms. The van der Waals surface area contributed by atoms with Gasteiger partial charge in [0, 0.05) is 29.7 Å². The van der Waals surface area contributed by atoms with Gasteiger partial charge in [-0.25, -0.2) is 13.8 Å². The number of nitrogens with zero attached hydrogens (tertiary/aromatic N) is 2. The molecule has 0 radical (unpaired) electrons. The average Bonchev–Trinajstić information content (AvgIpc) is 2.93. The molecule has 0 saturated heterocycles. The number of amides is 2. The lowest BCUT2D eigenvalue weighted by molar-refractivity contribution is -0.137. The van der Waals surface area contributed by atoms with Gasteiger partial charge in [0.15, 0.2) is 0 Å². The van der Waals surface area contributed by atoms with E-state index in [4.69, 9.17) is 11.6 Å². The first-order valence-electron chi connectivity index (χ1n) is 10.5. The third kappa shape index (κ3) is 5.02. The highest BCUT2D eigenvalue weighted by Crippen LogP contribution is 2.43. The standard InChI is InChI=1S/C24H17ClF5N3O3/c25-14-6-7-18-16(11-14)20(34)23(26,27)9-10-33(18)22(36)13-5-8-19(31-12-13)32-21(35)15-3-1-2-4-17(15)24(28,29)30/h1-8,11-12,20,34H,9-10H2,(H,31,32,35)/t20-/m0/s1. The highest BCUT2D eigenvalue weighted by atomic mass is 35.5. The second kappa shape index (κ2) is 9.47. The van der Waals surface area contributed by atoms with Gasteiger partial charge in [0.05, 0.1) is 22.4 Å². The van der Waals surface area contributed by atoms with Gasteiger partial charge in [0.1, 0.15) is 11.9 Å². The summed E-state index contributed by atoms with van der Waals surface area (Å²) in [5.74, 6) is -5.40. The predicted octanol–water partition coefficient (Wildman–Crippen LogP) is 5.73. The summed E-state index contributed by atoms with van der Waals surface area (Å²) < 4.78 is 68.3. The van der Waals surface area contributed by atoms with E-state index in [0.29, 0.717) is 0 Å². The lowest BCUT2D eigenvalue weighted by Gasteiger charge is -2.23. The zero-order chi connectivity index (χ0) is 26.3. The summed E-state index contributed by atoms with van der Waals surface area (Å²) in [5, 5.41) is 12.5. The SMILES string of the molecule is O=C(Nc1ccc(C(=O)N2CCC(F)(F)[C@@H](O)c3cc(Cl)ccc32)cn1)c1ccccc1C(F)(F)F. The summed E-state index contributed by atoms with van der Waals surface area (Å²) in [4.78, 5) is 30.5. The molecule has 1 atom stereocenters. The van der Waals surface area contributed by atoms with Crippen molar-refractivity contribution < 1.29 is 36.6 Å². The molecule has 4 rings (SSSR count). The van der Waals surface area contributed by atoms with Crippen LogP contribution in [0, 0.1) is 0 Å². The molecular formula is C24H17ClF5N3O3. The smallest absolute Gasteiger partial charge is 0.382 e. The number of benzene rings is 2. The van der Waals surface area contributed by atoms with Crippen molar-refractivity contribution >= 4 is 34.9 Å². The maximum Gasteiger partial charge on any atom is 0.417 e. The van der Waals surface area contributed by atoms with E-state index >= 15 is 0 Å². The molecule has 0 unspecified atom stereocenters. The molecule has 0 fully saturated rings. The van der Waals surface area contributed by atoms with Gasteiger partial charge in [-0.05, 0) is 42.5 Å². The Labute approximate surface area is 206 Å². The number of nitrogens with one attached hydrogen (secondary N) is 1. The first kappa shape index (κ1) is 25.5. The van der Waals surface area contributed by atoms with Crippen molar-refractivity contribution in [3.05, 3.63) is 88.1 Å². The van der Waals surface area contributed by atoms with Gasteiger partial charge in [-0.2, -0.15) is 13.2 Å². The van der Waals surface area contributed by atoms with E-state index < -0.39 is 54.1 Å². The number of aliphatic hydroxyl groups excluding tert-OH is 1. The molecule has 2 heterocycles. The van der Waals surface area contributed by atoms with Crippen molar-refractivity contribution in [1.29, 1.82) is 0 Å². The maximum atomic E-state index is 14.4.